The van der Waals surface area contributed by atoms with Crippen molar-refractivity contribution in [3.8, 4) is 0 Å². The summed E-state index contributed by atoms with van der Waals surface area (Å²) in [6, 6.07) is 2.24. The van der Waals surface area contributed by atoms with Crippen LogP contribution in [0.5, 0.6) is 0 Å². The minimum Gasteiger partial charge on any atom is -0.339 e. The molecule has 1 aliphatic carbocycles. The number of hydrogen-bond acceptors (Lipinski definition) is 4. The zero-order chi connectivity index (χ0) is 18.6. The van der Waals surface area contributed by atoms with Gasteiger partial charge in [0.15, 0.2) is 5.65 Å². The molecule has 2 aromatic rings. The number of nitrogens with two attached hydrogens (primary N) is 1. The van der Waals surface area contributed by atoms with Gasteiger partial charge in [0.05, 0.1) is 22.2 Å². The molecule has 0 spiro atoms. The molecule has 1 amide bonds. The van der Waals surface area contributed by atoms with E-state index in [1.165, 1.54) is 0 Å². The van der Waals surface area contributed by atoms with E-state index in [-0.39, 0.29) is 17.5 Å². The molecule has 0 aromatic carbocycles. The number of carbonyl (C=O) groups excluding carboxylic acids is 1. The summed E-state index contributed by atoms with van der Waals surface area (Å²) >= 11 is 0. The van der Waals surface area contributed by atoms with Gasteiger partial charge in [0.1, 0.15) is 0 Å². The van der Waals surface area contributed by atoms with Crippen molar-refractivity contribution in [2.45, 2.75) is 70.9 Å². The maximum atomic E-state index is 13.3. The highest BCUT2D eigenvalue weighted by Crippen LogP contribution is 2.41. The largest absolute Gasteiger partial charge is 0.339 e. The molecule has 2 aliphatic rings. The molecule has 140 valence electrons. The van der Waals surface area contributed by atoms with Crippen molar-refractivity contribution >= 4 is 16.9 Å². The number of rotatable bonds is 2. The number of hydrogen-bond donors (Lipinski definition) is 1. The summed E-state index contributed by atoms with van der Waals surface area (Å²) in [6.45, 7) is 9.81. The van der Waals surface area contributed by atoms with Crippen LogP contribution >= 0.6 is 0 Å². The molecule has 2 N–H and O–H groups in total. The minimum atomic E-state index is -0.181. The van der Waals surface area contributed by atoms with Crippen LogP contribution in [0, 0.1) is 6.92 Å². The molecule has 2 aromatic heterocycles. The lowest BCUT2D eigenvalue weighted by Crippen LogP contribution is -2.43. The molecule has 3 heterocycles. The lowest BCUT2D eigenvalue weighted by molar-refractivity contribution is 0.0716. The van der Waals surface area contributed by atoms with E-state index in [4.69, 9.17) is 15.8 Å². The van der Waals surface area contributed by atoms with Gasteiger partial charge in [0.2, 0.25) is 0 Å². The zero-order valence-corrected chi connectivity index (χ0v) is 16.2. The monoisotopic (exact) mass is 355 g/mol. The molecule has 6 nitrogen and oxygen atoms in total. The number of likely N-dealkylation sites (tertiary alicyclic amines) is 1. The first-order valence-corrected chi connectivity index (χ1v) is 9.71. The number of nitrogens with zero attached hydrogens (tertiary/aromatic N) is 4. The van der Waals surface area contributed by atoms with Crippen molar-refractivity contribution in [2.75, 3.05) is 13.1 Å². The third-order valence-electron chi connectivity index (χ3n) is 5.52. The summed E-state index contributed by atoms with van der Waals surface area (Å²) in [6.07, 6.45) is 4.06. The van der Waals surface area contributed by atoms with Crippen molar-refractivity contribution in [3.05, 3.63) is 23.0 Å². The lowest BCUT2D eigenvalue weighted by Gasteiger charge is -2.30. The maximum Gasteiger partial charge on any atom is 0.254 e. The number of aromatic nitrogens is 3. The predicted molar refractivity (Wildman–Crippen MR) is 102 cm³/mol. The number of fused-ring (bicyclic) bond motifs is 1. The number of aryl methyl sites for hydroxylation is 1. The molecule has 1 saturated carbocycles. The van der Waals surface area contributed by atoms with Crippen LogP contribution < -0.4 is 5.73 Å². The van der Waals surface area contributed by atoms with Gasteiger partial charge in [-0.3, -0.25) is 4.79 Å². The smallest absolute Gasteiger partial charge is 0.254 e. The number of pyridine rings is 1. The fourth-order valence-corrected chi connectivity index (χ4v) is 3.81. The molecule has 26 heavy (non-hydrogen) atoms. The van der Waals surface area contributed by atoms with Gasteiger partial charge < -0.3 is 10.6 Å². The van der Waals surface area contributed by atoms with Gasteiger partial charge in [0, 0.05) is 30.7 Å². The summed E-state index contributed by atoms with van der Waals surface area (Å²) in [4.78, 5) is 20.2. The van der Waals surface area contributed by atoms with Crippen molar-refractivity contribution < 1.29 is 4.79 Å². The van der Waals surface area contributed by atoms with Gasteiger partial charge in [-0.25, -0.2) is 9.67 Å². The van der Waals surface area contributed by atoms with Crippen molar-refractivity contribution in [1.82, 2.24) is 19.7 Å². The van der Waals surface area contributed by atoms with Crippen LogP contribution in [-0.2, 0) is 5.54 Å². The van der Waals surface area contributed by atoms with Crippen LogP contribution in [0.25, 0.3) is 11.0 Å². The molecule has 4 rings (SSSR count). The second-order valence-corrected chi connectivity index (χ2v) is 8.87. The molecule has 0 atom stereocenters. The first-order valence-electron chi connectivity index (χ1n) is 9.71. The Morgan fingerprint density at radius 1 is 1.19 bits per heavy atom. The predicted octanol–water partition coefficient (Wildman–Crippen LogP) is 2.94. The van der Waals surface area contributed by atoms with Gasteiger partial charge in [-0.05, 0) is 59.4 Å². The average molecular weight is 355 g/mol. The van der Waals surface area contributed by atoms with Crippen LogP contribution in [0.3, 0.4) is 0 Å². The lowest BCUT2D eigenvalue weighted by atomic mass is 10.0. The quantitative estimate of drug-likeness (QED) is 0.898. The molecule has 6 heteroatoms. The number of piperidine rings is 1. The fraction of sp³-hybridized carbons (Fsp3) is 0.650. The molecule has 0 radical (unpaired) electrons. The minimum absolute atomic E-state index is 0.0998. The van der Waals surface area contributed by atoms with E-state index in [0.717, 1.165) is 66.8 Å². The summed E-state index contributed by atoms with van der Waals surface area (Å²) in [5, 5.41) is 5.65. The molecule has 2 fully saturated rings. The molecule has 0 unspecified atom stereocenters. The van der Waals surface area contributed by atoms with E-state index in [2.05, 4.69) is 20.8 Å². The second kappa shape index (κ2) is 6.05. The Kier molecular flexibility index (Phi) is 4.06. The fourth-order valence-electron chi connectivity index (χ4n) is 3.81. The van der Waals surface area contributed by atoms with E-state index in [1.54, 1.807) is 0 Å². The number of carbonyl (C=O) groups is 1. The van der Waals surface area contributed by atoms with Crippen molar-refractivity contribution in [3.63, 3.8) is 0 Å². The second-order valence-electron chi connectivity index (χ2n) is 8.87. The van der Waals surface area contributed by atoms with E-state index < -0.39 is 0 Å². The normalized spacial score (nSPS) is 19.3. The van der Waals surface area contributed by atoms with Gasteiger partial charge in [-0.1, -0.05) is 0 Å². The van der Waals surface area contributed by atoms with Crippen molar-refractivity contribution in [2.24, 2.45) is 5.73 Å². The SMILES string of the molecule is Cc1nn(C(C)(C)C)c2nc(C3CC3)cc(C(=O)N3CCC(N)CC3)c12. The highest BCUT2D eigenvalue weighted by atomic mass is 16.2. The topological polar surface area (TPSA) is 77.0 Å². The highest BCUT2D eigenvalue weighted by Gasteiger charge is 2.32. The molecule has 1 saturated heterocycles. The van der Waals surface area contributed by atoms with Gasteiger partial charge in [-0.15, -0.1) is 0 Å². The Labute approximate surface area is 154 Å². The Hall–Kier alpha value is -1.95. The van der Waals surface area contributed by atoms with Crippen LogP contribution in [0.15, 0.2) is 6.07 Å². The highest BCUT2D eigenvalue weighted by molar-refractivity contribution is 6.06. The summed E-state index contributed by atoms with van der Waals surface area (Å²) in [7, 11) is 0. The Morgan fingerprint density at radius 3 is 2.42 bits per heavy atom. The van der Waals surface area contributed by atoms with Crippen LogP contribution in [0.1, 0.15) is 74.1 Å². The van der Waals surface area contributed by atoms with Gasteiger partial charge >= 0.3 is 0 Å². The molecular weight excluding hydrogens is 326 g/mol. The van der Waals surface area contributed by atoms with Crippen molar-refractivity contribution in [1.29, 1.82) is 0 Å². The van der Waals surface area contributed by atoms with Crippen LogP contribution in [0.2, 0.25) is 0 Å². The maximum absolute atomic E-state index is 13.3. The molecule has 1 aliphatic heterocycles. The first-order chi connectivity index (χ1) is 12.3. The van der Waals surface area contributed by atoms with Crippen LogP contribution in [0.4, 0.5) is 0 Å². The standard InChI is InChI=1S/C20H29N5O/c1-12-17-15(19(26)24-9-7-14(21)8-10-24)11-16(13-5-6-13)22-18(17)25(23-12)20(2,3)4/h11,13-14H,5-10,21H2,1-4H3. The third-order valence-corrected chi connectivity index (χ3v) is 5.52. The van der Waals surface area contributed by atoms with Crippen LogP contribution in [-0.4, -0.2) is 44.7 Å². The van der Waals surface area contributed by atoms with Gasteiger partial charge in [-0.2, -0.15) is 5.10 Å². The third kappa shape index (κ3) is 3.00. The molecular formula is C20H29N5O. The zero-order valence-electron chi connectivity index (χ0n) is 16.2. The van der Waals surface area contributed by atoms with E-state index >= 15 is 0 Å². The van der Waals surface area contributed by atoms with E-state index in [1.807, 2.05) is 22.6 Å². The average Bonchev–Trinajstić information content (AvgIpc) is 3.37. The summed E-state index contributed by atoms with van der Waals surface area (Å²) in [5.74, 6) is 0.590. The summed E-state index contributed by atoms with van der Waals surface area (Å²) < 4.78 is 1.98. The Balaban J connectivity index is 1.85. The Morgan fingerprint density at radius 2 is 1.85 bits per heavy atom. The van der Waals surface area contributed by atoms with E-state index in [9.17, 15) is 4.79 Å². The van der Waals surface area contributed by atoms with Gasteiger partial charge in [0.25, 0.3) is 5.91 Å². The molecule has 0 bridgehead atoms. The Bertz CT molecular complexity index is 851. The van der Waals surface area contributed by atoms with E-state index in [0.29, 0.717) is 5.92 Å². The summed E-state index contributed by atoms with van der Waals surface area (Å²) in [5.41, 5.74) is 9.36. The number of amides is 1. The first kappa shape index (κ1) is 17.5.